The van der Waals surface area contributed by atoms with Crippen molar-refractivity contribution < 1.29 is 9.59 Å². The quantitative estimate of drug-likeness (QED) is 0.344. The highest BCUT2D eigenvalue weighted by Crippen LogP contribution is 2.32. The Balaban J connectivity index is 1.38. The van der Waals surface area contributed by atoms with E-state index in [0.29, 0.717) is 28.0 Å². The Kier molecular flexibility index (Phi) is 5.38. The number of thiophene rings is 1. The van der Waals surface area contributed by atoms with E-state index in [1.807, 2.05) is 43.3 Å². The van der Waals surface area contributed by atoms with Crippen LogP contribution in [0.15, 0.2) is 60.6 Å². The number of nitrogen functional groups attached to an aromatic ring is 1. The van der Waals surface area contributed by atoms with E-state index in [4.69, 9.17) is 5.73 Å². The first-order valence-corrected chi connectivity index (χ1v) is 12.4. The van der Waals surface area contributed by atoms with Gasteiger partial charge in [-0.3, -0.25) is 19.1 Å². The third-order valence-corrected chi connectivity index (χ3v) is 7.41. The summed E-state index contributed by atoms with van der Waals surface area (Å²) in [7, 11) is 0. The van der Waals surface area contributed by atoms with Gasteiger partial charge < -0.3 is 11.1 Å². The second-order valence-electron chi connectivity index (χ2n) is 8.78. The lowest BCUT2D eigenvalue weighted by molar-refractivity contribution is 0.0940. The molecule has 6 rings (SSSR count). The van der Waals surface area contributed by atoms with Crippen LogP contribution in [0.3, 0.4) is 0 Å². The molecule has 182 valence electrons. The maximum absolute atomic E-state index is 13.3. The molecule has 0 bridgehead atoms. The summed E-state index contributed by atoms with van der Waals surface area (Å²) in [5, 5.41) is 6.67. The van der Waals surface area contributed by atoms with Crippen LogP contribution in [0, 0.1) is 6.92 Å². The first-order valence-electron chi connectivity index (χ1n) is 11.5. The van der Waals surface area contributed by atoms with Gasteiger partial charge in [-0.2, -0.15) is 0 Å². The Labute approximate surface area is 215 Å². The Hall–Kier alpha value is -4.70. The molecule has 0 aliphatic rings. The number of aromatic nitrogens is 5. The summed E-state index contributed by atoms with van der Waals surface area (Å²) in [6.45, 7) is 3.47. The van der Waals surface area contributed by atoms with Crippen LogP contribution in [-0.2, 0) is 6.42 Å². The van der Waals surface area contributed by atoms with Crippen molar-refractivity contribution in [3.8, 4) is 0 Å². The summed E-state index contributed by atoms with van der Waals surface area (Å²) in [4.78, 5) is 42.5. The molecule has 37 heavy (non-hydrogen) atoms. The molecule has 0 aliphatic heterocycles. The number of nitrogens with one attached hydrogen (secondary N) is 1. The zero-order valence-corrected chi connectivity index (χ0v) is 20.8. The molecule has 0 aliphatic carbocycles. The fourth-order valence-electron chi connectivity index (χ4n) is 4.55. The van der Waals surface area contributed by atoms with Crippen molar-refractivity contribution >= 4 is 66.7 Å². The van der Waals surface area contributed by atoms with Crippen LogP contribution in [0.5, 0.6) is 0 Å². The Morgan fingerprint density at radius 2 is 1.92 bits per heavy atom. The molecule has 0 radical (unpaired) electrons. The molecule has 6 aromatic rings. The third kappa shape index (κ3) is 3.87. The van der Waals surface area contributed by atoms with Gasteiger partial charge in [-0.05, 0) is 36.2 Å². The lowest BCUT2D eigenvalue weighted by atomic mass is 10.00. The summed E-state index contributed by atoms with van der Waals surface area (Å²) < 4.78 is 2.23. The zero-order valence-electron chi connectivity index (χ0n) is 20.0. The number of carbonyl (C=O) groups excluding carboxylic acids is 2. The summed E-state index contributed by atoms with van der Waals surface area (Å²) >= 11 is 1.35. The number of nitrogens with two attached hydrogens (primary N) is 1. The number of carbonyl (C=O) groups is 2. The van der Waals surface area contributed by atoms with E-state index in [2.05, 4.69) is 25.3 Å². The number of hydrogen-bond acceptors (Lipinski definition) is 8. The number of rotatable bonds is 4. The predicted octanol–water partition coefficient (Wildman–Crippen LogP) is 4.98. The zero-order chi connectivity index (χ0) is 25.7. The molecular weight excluding hydrogens is 486 g/mol. The van der Waals surface area contributed by atoms with Gasteiger partial charge in [-0.1, -0.05) is 18.2 Å². The van der Waals surface area contributed by atoms with Crippen LogP contribution < -0.4 is 11.1 Å². The van der Waals surface area contributed by atoms with Gasteiger partial charge in [0.1, 0.15) is 18.5 Å². The standard InChI is InChI=1S/C27H21N7O2S/c1-14-3-5-17-18(23(14)33-27(36)19-11-37-25-24(19)30-12-31-26(25)28)7-8-29-21(17)9-16-4-6-20-22(10-16)34(13-32-20)15(2)35/h3-8,10-13H,9H2,1-2H3,(H,33,36)(H2,28,30,31). The van der Waals surface area contributed by atoms with Gasteiger partial charge >= 0.3 is 0 Å². The van der Waals surface area contributed by atoms with Crippen molar-refractivity contribution in [2.45, 2.75) is 20.3 Å². The average molecular weight is 508 g/mol. The maximum Gasteiger partial charge on any atom is 0.258 e. The van der Waals surface area contributed by atoms with Crippen LogP contribution in [0.25, 0.3) is 32.0 Å². The Morgan fingerprint density at radius 3 is 2.76 bits per heavy atom. The van der Waals surface area contributed by atoms with Crippen molar-refractivity contribution in [2.24, 2.45) is 0 Å². The SMILES string of the molecule is CC(=O)n1cnc2ccc(Cc3nccc4c(NC(=O)c5csc6c(N)ncnc56)c(C)ccc34)cc21. The predicted molar refractivity (Wildman–Crippen MR) is 145 cm³/mol. The number of pyridine rings is 1. The molecule has 0 atom stereocenters. The summed E-state index contributed by atoms with van der Waals surface area (Å²) in [6, 6.07) is 11.8. The molecular formula is C27H21N7O2S. The molecule has 9 nitrogen and oxygen atoms in total. The van der Waals surface area contributed by atoms with Crippen molar-refractivity contribution in [3.05, 3.63) is 83.0 Å². The highest BCUT2D eigenvalue weighted by Gasteiger charge is 2.18. The van der Waals surface area contributed by atoms with E-state index in [9.17, 15) is 9.59 Å². The van der Waals surface area contributed by atoms with Crippen LogP contribution in [0.2, 0.25) is 0 Å². The number of nitrogens with zero attached hydrogens (tertiary/aromatic N) is 5. The van der Waals surface area contributed by atoms with Gasteiger partial charge in [-0.25, -0.2) is 15.0 Å². The van der Waals surface area contributed by atoms with E-state index < -0.39 is 0 Å². The summed E-state index contributed by atoms with van der Waals surface area (Å²) in [6.07, 6.45) is 5.21. The maximum atomic E-state index is 13.3. The van der Waals surface area contributed by atoms with E-state index in [1.165, 1.54) is 24.6 Å². The molecule has 0 saturated heterocycles. The smallest absolute Gasteiger partial charge is 0.258 e. The minimum atomic E-state index is -0.263. The summed E-state index contributed by atoms with van der Waals surface area (Å²) in [5.41, 5.74) is 12.0. The fraction of sp³-hybridized carbons (Fsp3) is 0.111. The first kappa shape index (κ1) is 22.7. The van der Waals surface area contributed by atoms with Crippen LogP contribution in [0.4, 0.5) is 11.5 Å². The van der Waals surface area contributed by atoms with Crippen LogP contribution in [0.1, 0.15) is 38.9 Å². The highest BCUT2D eigenvalue weighted by molar-refractivity contribution is 7.18. The molecule has 4 aromatic heterocycles. The van der Waals surface area contributed by atoms with Crippen molar-refractivity contribution in [3.63, 3.8) is 0 Å². The lowest BCUT2D eigenvalue weighted by Crippen LogP contribution is -2.13. The van der Waals surface area contributed by atoms with Crippen LogP contribution >= 0.6 is 11.3 Å². The second-order valence-corrected chi connectivity index (χ2v) is 9.66. The van der Waals surface area contributed by atoms with Crippen molar-refractivity contribution in [2.75, 3.05) is 11.1 Å². The number of aryl methyl sites for hydroxylation is 1. The van der Waals surface area contributed by atoms with E-state index in [0.717, 1.165) is 44.3 Å². The Bertz CT molecular complexity index is 1870. The minimum Gasteiger partial charge on any atom is -0.382 e. The Morgan fingerprint density at radius 1 is 1.05 bits per heavy atom. The van der Waals surface area contributed by atoms with Crippen LogP contribution in [-0.4, -0.2) is 36.3 Å². The molecule has 0 saturated carbocycles. The van der Waals surface area contributed by atoms with E-state index >= 15 is 0 Å². The number of amides is 1. The molecule has 0 spiro atoms. The van der Waals surface area contributed by atoms with Gasteiger partial charge in [0.25, 0.3) is 5.91 Å². The largest absolute Gasteiger partial charge is 0.382 e. The van der Waals surface area contributed by atoms with Crippen molar-refractivity contribution in [1.29, 1.82) is 0 Å². The number of anilines is 2. The molecule has 3 N–H and O–H groups in total. The average Bonchev–Trinajstić information content (AvgIpc) is 3.51. The minimum absolute atomic E-state index is 0.0913. The second kappa shape index (κ2) is 8.75. The monoisotopic (exact) mass is 507 g/mol. The van der Waals surface area contributed by atoms with Gasteiger partial charge in [0, 0.05) is 35.7 Å². The molecule has 1 amide bonds. The lowest BCUT2D eigenvalue weighted by Gasteiger charge is -2.14. The van der Waals surface area contributed by atoms with E-state index in [-0.39, 0.29) is 11.8 Å². The number of benzene rings is 2. The highest BCUT2D eigenvalue weighted by atomic mass is 32.1. The van der Waals surface area contributed by atoms with Gasteiger partial charge in [0.2, 0.25) is 5.91 Å². The first-order chi connectivity index (χ1) is 17.9. The molecule has 0 fully saturated rings. The topological polar surface area (TPSA) is 129 Å². The molecule has 4 heterocycles. The molecule has 10 heteroatoms. The molecule has 0 unspecified atom stereocenters. The number of imidazole rings is 1. The van der Waals surface area contributed by atoms with Gasteiger partial charge in [0.15, 0.2) is 0 Å². The normalized spacial score (nSPS) is 11.4. The van der Waals surface area contributed by atoms with Gasteiger partial charge in [-0.15, -0.1) is 11.3 Å². The third-order valence-electron chi connectivity index (χ3n) is 6.42. The van der Waals surface area contributed by atoms with Gasteiger partial charge in [0.05, 0.1) is 38.2 Å². The number of fused-ring (bicyclic) bond motifs is 3. The van der Waals surface area contributed by atoms with E-state index in [1.54, 1.807) is 22.5 Å². The number of hydrogen-bond donors (Lipinski definition) is 2. The fourth-order valence-corrected chi connectivity index (χ4v) is 5.45. The van der Waals surface area contributed by atoms with Crippen molar-refractivity contribution in [1.82, 2.24) is 24.5 Å². The summed E-state index contributed by atoms with van der Waals surface area (Å²) in [5.74, 6) is 0.00301. The molecule has 2 aromatic carbocycles.